The minimum atomic E-state index is -4.72. The maximum atomic E-state index is 11.7. The lowest BCUT2D eigenvalue weighted by Crippen LogP contribution is -2.31. The Bertz CT molecular complexity index is 1150. The van der Waals surface area contributed by atoms with Crippen LogP contribution in [0, 0.1) is 0 Å². The zero-order chi connectivity index (χ0) is 22.6. The van der Waals surface area contributed by atoms with E-state index in [9.17, 15) is 25.9 Å². The largest absolute Gasteiger partial charge is 0.353 e. The van der Waals surface area contributed by atoms with Gasteiger partial charge < -0.3 is 21.3 Å². The van der Waals surface area contributed by atoms with E-state index < -0.39 is 30.0 Å². The van der Waals surface area contributed by atoms with Gasteiger partial charge in [-0.05, 0) is 37.5 Å². The molecule has 0 unspecified atom stereocenters. The molecule has 0 radical (unpaired) electrons. The van der Waals surface area contributed by atoms with Gasteiger partial charge in [0, 0.05) is 26.2 Å². The van der Waals surface area contributed by atoms with Gasteiger partial charge >= 0.3 is 0 Å². The van der Waals surface area contributed by atoms with Crippen LogP contribution >= 0.6 is 0 Å². The zero-order valence-electron chi connectivity index (χ0n) is 16.4. The highest BCUT2D eigenvalue weighted by Gasteiger charge is 2.22. The summed E-state index contributed by atoms with van der Waals surface area (Å²) in [5, 5.41) is 5.54. The molecule has 0 amide bonds. The van der Waals surface area contributed by atoms with E-state index in [0.29, 0.717) is 19.0 Å². The van der Waals surface area contributed by atoms with E-state index in [0.717, 1.165) is 50.6 Å². The Balaban J connectivity index is 2.05. The lowest BCUT2D eigenvalue weighted by Gasteiger charge is -2.27. The maximum Gasteiger partial charge on any atom is 0.296 e. The lowest BCUT2D eigenvalue weighted by molar-refractivity contribution is 0.479. The standard InChI is InChI=1S/C16H23N7O6S2/c17-6-7-18-14-20-15(22-16(21-14)23-8-2-1-3-9-23)19-12-10-11(30(24,25)26)4-5-13(12)31(27,28)29/h4-5,10H,1-3,6-9,17H2,(H,24,25,26)(H,27,28,29)(H2,18,19,20,21,22). The number of benzene rings is 1. The summed E-state index contributed by atoms with van der Waals surface area (Å²) in [7, 11) is -9.35. The van der Waals surface area contributed by atoms with E-state index in [4.69, 9.17) is 5.73 Å². The summed E-state index contributed by atoms with van der Waals surface area (Å²) in [6.45, 7) is 2.15. The zero-order valence-corrected chi connectivity index (χ0v) is 18.0. The van der Waals surface area contributed by atoms with E-state index in [1.54, 1.807) is 0 Å². The molecular formula is C16H23N7O6S2. The van der Waals surface area contributed by atoms with Crippen LogP contribution in [-0.4, -0.2) is 67.1 Å². The van der Waals surface area contributed by atoms with E-state index in [1.807, 2.05) is 4.90 Å². The predicted molar refractivity (Wildman–Crippen MR) is 113 cm³/mol. The van der Waals surface area contributed by atoms with Gasteiger partial charge in [-0.15, -0.1) is 0 Å². The van der Waals surface area contributed by atoms with Crippen LogP contribution in [0.1, 0.15) is 19.3 Å². The minimum Gasteiger partial charge on any atom is -0.353 e. The molecule has 1 saturated heterocycles. The van der Waals surface area contributed by atoms with E-state index in [1.165, 1.54) is 0 Å². The first kappa shape index (κ1) is 23.1. The van der Waals surface area contributed by atoms with Crippen molar-refractivity contribution in [1.82, 2.24) is 15.0 Å². The molecule has 2 aromatic rings. The molecule has 1 aromatic carbocycles. The van der Waals surface area contributed by atoms with Gasteiger partial charge in [0.2, 0.25) is 17.8 Å². The molecule has 0 saturated carbocycles. The van der Waals surface area contributed by atoms with Crippen molar-refractivity contribution in [3.05, 3.63) is 18.2 Å². The molecule has 1 aliphatic heterocycles. The fourth-order valence-electron chi connectivity index (χ4n) is 3.03. The Morgan fingerprint density at radius 1 is 0.968 bits per heavy atom. The normalized spacial score (nSPS) is 15.0. The first-order valence-corrected chi connectivity index (χ1v) is 12.3. The van der Waals surface area contributed by atoms with Gasteiger partial charge in [-0.25, -0.2) is 0 Å². The molecule has 0 bridgehead atoms. The minimum absolute atomic E-state index is 0.0903. The molecule has 0 spiro atoms. The first-order valence-electron chi connectivity index (χ1n) is 9.39. The van der Waals surface area contributed by atoms with Crippen molar-refractivity contribution in [2.45, 2.75) is 29.1 Å². The van der Waals surface area contributed by atoms with Gasteiger partial charge in [0.25, 0.3) is 20.2 Å². The first-order chi connectivity index (χ1) is 14.6. The summed E-state index contributed by atoms with van der Waals surface area (Å²) < 4.78 is 65.2. The third-order valence-electron chi connectivity index (χ3n) is 4.46. The van der Waals surface area contributed by atoms with E-state index in [2.05, 4.69) is 25.6 Å². The summed E-state index contributed by atoms with van der Waals surface area (Å²) in [6.07, 6.45) is 3.01. The molecule has 1 aromatic heterocycles. The van der Waals surface area contributed by atoms with Crippen molar-refractivity contribution < 1.29 is 25.9 Å². The van der Waals surface area contributed by atoms with Crippen molar-refractivity contribution >= 4 is 43.8 Å². The van der Waals surface area contributed by atoms with Crippen LogP contribution in [0.5, 0.6) is 0 Å². The Labute approximate surface area is 179 Å². The third-order valence-corrected chi connectivity index (χ3v) is 6.22. The fourth-order valence-corrected chi connectivity index (χ4v) is 4.17. The maximum absolute atomic E-state index is 11.7. The second kappa shape index (κ2) is 9.27. The van der Waals surface area contributed by atoms with Crippen LogP contribution in [-0.2, 0) is 20.2 Å². The summed E-state index contributed by atoms with van der Waals surface area (Å²) in [5.74, 6) is 0.436. The Morgan fingerprint density at radius 3 is 2.26 bits per heavy atom. The molecule has 0 atom stereocenters. The molecule has 1 aliphatic rings. The molecule has 3 rings (SSSR count). The summed E-state index contributed by atoms with van der Waals surface area (Å²) in [4.78, 5) is 13.6. The topological polar surface area (TPSA) is 201 Å². The highest BCUT2D eigenvalue weighted by molar-refractivity contribution is 7.86. The number of aromatic nitrogens is 3. The summed E-state index contributed by atoms with van der Waals surface area (Å²) in [6, 6.07) is 2.56. The third kappa shape index (κ3) is 5.98. The predicted octanol–water partition coefficient (Wildman–Crippen LogP) is 0.470. The molecule has 0 aliphatic carbocycles. The molecule has 13 nitrogen and oxygen atoms in total. The fraction of sp³-hybridized carbons (Fsp3) is 0.438. The molecule has 1 fully saturated rings. The number of piperidine rings is 1. The summed E-state index contributed by atoms with van der Waals surface area (Å²) in [5.41, 5.74) is 5.17. The van der Waals surface area contributed by atoms with Gasteiger partial charge in [-0.1, -0.05) is 0 Å². The lowest BCUT2D eigenvalue weighted by atomic mass is 10.1. The summed E-state index contributed by atoms with van der Waals surface area (Å²) >= 11 is 0. The van der Waals surface area contributed by atoms with Gasteiger partial charge in [0.15, 0.2) is 0 Å². The second-order valence-electron chi connectivity index (χ2n) is 6.78. The number of nitrogens with zero attached hydrogens (tertiary/aromatic N) is 4. The van der Waals surface area contributed by atoms with Crippen LogP contribution in [0.4, 0.5) is 23.5 Å². The average Bonchev–Trinajstić information content (AvgIpc) is 2.71. The Kier molecular flexibility index (Phi) is 6.90. The monoisotopic (exact) mass is 473 g/mol. The number of anilines is 4. The Hall–Kier alpha value is -2.59. The quantitative estimate of drug-likeness (QED) is 0.331. The van der Waals surface area contributed by atoms with Gasteiger partial charge in [-0.2, -0.15) is 31.8 Å². The van der Waals surface area contributed by atoms with Gasteiger partial charge in [0.1, 0.15) is 4.90 Å². The number of nitrogens with two attached hydrogens (primary N) is 1. The van der Waals surface area contributed by atoms with Crippen LogP contribution in [0.15, 0.2) is 28.0 Å². The van der Waals surface area contributed by atoms with E-state index >= 15 is 0 Å². The van der Waals surface area contributed by atoms with Crippen molar-refractivity contribution in [2.75, 3.05) is 41.7 Å². The van der Waals surface area contributed by atoms with Gasteiger partial charge in [0.05, 0.1) is 10.6 Å². The number of nitrogens with one attached hydrogen (secondary N) is 2. The highest BCUT2D eigenvalue weighted by atomic mass is 32.2. The van der Waals surface area contributed by atoms with Crippen LogP contribution in [0.3, 0.4) is 0 Å². The van der Waals surface area contributed by atoms with Crippen LogP contribution < -0.4 is 21.3 Å². The van der Waals surface area contributed by atoms with Crippen molar-refractivity contribution in [3.8, 4) is 0 Å². The highest BCUT2D eigenvalue weighted by Crippen LogP contribution is 2.28. The molecule has 15 heteroatoms. The van der Waals surface area contributed by atoms with Crippen molar-refractivity contribution in [2.24, 2.45) is 5.73 Å². The van der Waals surface area contributed by atoms with Crippen LogP contribution in [0.2, 0.25) is 0 Å². The Morgan fingerprint density at radius 2 is 1.65 bits per heavy atom. The van der Waals surface area contributed by atoms with E-state index in [-0.39, 0.29) is 17.6 Å². The molecule has 2 heterocycles. The SMILES string of the molecule is NCCNc1nc(Nc2cc(S(=O)(=O)O)ccc2S(=O)(=O)O)nc(N2CCCCC2)n1. The van der Waals surface area contributed by atoms with Gasteiger partial charge in [-0.3, -0.25) is 9.11 Å². The number of rotatable bonds is 8. The molecular weight excluding hydrogens is 450 g/mol. The van der Waals surface area contributed by atoms with Crippen molar-refractivity contribution in [1.29, 1.82) is 0 Å². The smallest absolute Gasteiger partial charge is 0.296 e. The molecule has 6 N–H and O–H groups in total. The molecule has 31 heavy (non-hydrogen) atoms. The number of hydrogen-bond donors (Lipinski definition) is 5. The number of hydrogen-bond acceptors (Lipinski definition) is 11. The average molecular weight is 474 g/mol. The second-order valence-corrected chi connectivity index (χ2v) is 9.59. The van der Waals surface area contributed by atoms with Crippen molar-refractivity contribution in [3.63, 3.8) is 0 Å². The molecule has 170 valence electrons. The van der Waals surface area contributed by atoms with Crippen LogP contribution in [0.25, 0.3) is 0 Å².